The fourth-order valence-electron chi connectivity index (χ4n) is 2.91. The van der Waals surface area contributed by atoms with Gasteiger partial charge in [-0.1, -0.05) is 6.42 Å². The predicted octanol–water partition coefficient (Wildman–Crippen LogP) is 2.95. The molecule has 0 atom stereocenters. The number of thiazole rings is 1. The minimum absolute atomic E-state index is 0.0585. The average molecular weight is 347 g/mol. The number of nitrogens with zero attached hydrogens (tertiary/aromatic N) is 2. The van der Waals surface area contributed by atoms with Crippen molar-refractivity contribution in [3.63, 3.8) is 0 Å². The number of ether oxygens (including phenoxy) is 1. The number of benzene rings is 1. The molecule has 0 aliphatic carbocycles. The van der Waals surface area contributed by atoms with Crippen LogP contribution in [0.15, 0.2) is 12.1 Å². The first-order valence-corrected chi connectivity index (χ1v) is 8.91. The quantitative estimate of drug-likeness (QED) is 0.923. The second-order valence-electron chi connectivity index (χ2n) is 5.93. The molecule has 0 radical (unpaired) electrons. The number of methoxy groups -OCH3 is 1. The van der Waals surface area contributed by atoms with Gasteiger partial charge in [0.2, 0.25) is 11.8 Å². The molecule has 2 aromatic rings. The van der Waals surface area contributed by atoms with Gasteiger partial charge in [-0.15, -0.1) is 11.3 Å². The molecule has 1 aromatic carbocycles. The minimum atomic E-state index is -0.205. The maximum atomic E-state index is 12.4. The molecular formula is C17H21N3O3S. The van der Waals surface area contributed by atoms with E-state index in [1.54, 1.807) is 23.3 Å². The van der Waals surface area contributed by atoms with Crippen LogP contribution in [-0.2, 0) is 9.59 Å². The van der Waals surface area contributed by atoms with Gasteiger partial charge in [0.05, 0.1) is 34.6 Å². The van der Waals surface area contributed by atoms with E-state index in [2.05, 4.69) is 10.3 Å². The second kappa shape index (κ2) is 7.17. The first-order chi connectivity index (χ1) is 11.6. The van der Waals surface area contributed by atoms with E-state index >= 15 is 0 Å². The molecule has 3 rings (SSSR count). The van der Waals surface area contributed by atoms with Crippen LogP contribution in [0.3, 0.4) is 0 Å². The van der Waals surface area contributed by atoms with Crippen molar-refractivity contribution in [2.75, 3.05) is 25.5 Å². The SMILES string of the molecule is COc1cc2nc(C)sc2cc1NC(=O)CN1CCCCCC1=O. The maximum absolute atomic E-state index is 12.4. The Bertz CT molecular complexity index is 772. The Kier molecular flexibility index (Phi) is 4.99. The van der Waals surface area contributed by atoms with E-state index < -0.39 is 0 Å². The summed E-state index contributed by atoms with van der Waals surface area (Å²) < 4.78 is 6.36. The van der Waals surface area contributed by atoms with E-state index in [0.29, 0.717) is 24.4 Å². The molecule has 1 fully saturated rings. The summed E-state index contributed by atoms with van der Waals surface area (Å²) in [5.74, 6) is 0.427. The highest BCUT2D eigenvalue weighted by Gasteiger charge is 2.20. The number of nitrogens with one attached hydrogen (secondary N) is 1. The molecule has 1 saturated heterocycles. The minimum Gasteiger partial charge on any atom is -0.494 e. The van der Waals surface area contributed by atoms with Crippen LogP contribution in [0.4, 0.5) is 5.69 Å². The number of hydrogen-bond acceptors (Lipinski definition) is 5. The zero-order chi connectivity index (χ0) is 17.1. The van der Waals surface area contributed by atoms with Gasteiger partial charge in [-0.2, -0.15) is 0 Å². The largest absolute Gasteiger partial charge is 0.494 e. The Balaban J connectivity index is 1.75. The lowest BCUT2D eigenvalue weighted by Crippen LogP contribution is -2.37. The third-order valence-corrected chi connectivity index (χ3v) is 5.03. The monoisotopic (exact) mass is 347 g/mol. The zero-order valence-corrected chi connectivity index (χ0v) is 14.7. The van der Waals surface area contributed by atoms with E-state index in [4.69, 9.17) is 4.74 Å². The second-order valence-corrected chi connectivity index (χ2v) is 7.16. The lowest BCUT2D eigenvalue weighted by molar-refractivity contribution is -0.134. The number of amides is 2. The molecule has 1 aliphatic heterocycles. The van der Waals surface area contributed by atoms with Crippen molar-refractivity contribution < 1.29 is 14.3 Å². The molecule has 2 heterocycles. The standard InChI is InChI=1S/C17H21N3O3S/c1-11-18-13-8-14(23-2)12(9-15(13)24-11)19-16(21)10-20-7-5-3-4-6-17(20)22/h8-9H,3-7,10H2,1-2H3,(H,19,21). The van der Waals surface area contributed by atoms with Gasteiger partial charge in [0.25, 0.3) is 0 Å². The van der Waals surface area contributed by atoms with Crippen molar-refractivity contribution in [1.29, 1.82) is 0 Å². The van der Waals surface area contributed by atoms with Crippen LogP contribution in [0.2, 0.25) is 0 Å². The number of fused-ring (bicyclic) bond motifs is 1. The molecule has 0 unspecified atom stereocenters. The number of anilines is 1. The fourth-order valence-corrected chi connectivity index (χ4v) is 3.75. The topological polar surface area (TPSA) is 71.5 Å². The van der Waals surface area contributed by atoms with Crippen molar-refractivity contribution in [3.8, 4) is 5.75 Å². The predicted molar refractivity (Wildman–Crippen MR) is 94.6 cm³/mol. The molecule has 0 spiro atoms. The maximum Gasteiger partial charge on any atom is 0.244 e. The number of likely N-dealkylation sites (tertiary alicyclic amines) is 1. The summed E-state index contributed by atoms with van der Waals surface area (Å²) in [6.07, 6.45) is 3.43. The van der Waals surface area contributed by atoms with Crippen LogP contribution in [0.5, 0.6) is 5.75 Å². The third-order valence-electron chi connectivity index (χ3n) is 4.10. The van der Waals surface area contributed by atoms with E-state index in [-0.39, 0.29) is 18.4 Å². The van der Waals surface area contributed by atoms with Crippen molar-refractivity contribution in [3.05, 3.63) is 17.1 Å². The molecule has 128 valence electrons. The first-order valence-electron chi connectivity index (χ1n) is 8.09. The number of hydrogen-bond donors (Lipinski definition) is 1. The fraction of sp³-hybridized carbons (Fsp3) is 0.471. The van der Waals surface area contributed by atoms with Crippen LogP contribution in [0.25, 0.3) is 10.2 Å². The molecule has 0 bridgehead atoms. The number of aromatic nitrogens is 1. The summed E-state index contributed by atoms with van der Waals surface area (Å²) in [7, 11) is 1.56. The molecule has 2 amide bonds. The molecule has 6 nitrogen and oxygen atoms in total. The highest BCUT2D eigenvalue weighted by molar-refractivity contribution is 7.18. The molecule has 1 N–H and O–H groups in total. The van der Waals surface area contributed by atoms with Gasteiger partial charge >= 0.3 is 0 Å². The van der Waals surface area contributed by atoms with E-state index in [0.717, 1.165) is 34.5 Å². The Morgan fingerprint density at radius 3 is 3.00 bits per heavy atom. The number of carbonyl (C=O) groups is 2. The highest BCUT2D eigenvalue weighted by atomic mass is 32.1. The number of aryl methyl sites for hydroxylation is 1. The van der Waals surface area contributed by atoms with Gasteiger partial charge in [0, 0.05) is 19.0 Å². The summed E-state index contributed by atoms with van der Waals surface area (Å²) in [6.45, 7) is 2.68. The normalized spacial score (nSPS) is 15.4. The summed E-state index contributed by atoms with van der Waals surface area (Å²) in [6, 6.07) is 3.70. The zero-order valence-electron chi connectivity index (χ0n) is 13.9. The molecular weight excluding hydrogens is 326 g/mol. The lowest BCUT2D eigenvalue weighted by Gasteiger charge is -2.20. The van der Waals surface area contributed by atoms with Gasteiger partial charge in [-0.05, 0) is 25.8 Å². The summed E-state index contributed by atoms with van der Waals surface area (Å²) in [5.41, 5.74) is 1.47. The van der Waals surface area contributed by atoms with Crippen LogP contribution in [0, 0.1) is 6.92 Å². The van der Waals surface area contributed by atoms with Crippen LogP contribution in [-0.4, -0.2) is 41.9 Å². The highest BCUT2D eigenvalue weighted by Crippen LogP contribution is 2.33. The number of carbonyl (C=O) groups excluding carboxylic acids is 2. The van der Waals surface area contributed by atoms with E-state index in [9.17, 15) is 9.59 Å². The van der Waals surface area contributed by atoms with Gasteiger partial charge in [-0.25, -0.2) is 4.98 Å². The Morgan fingerprint density at radius 2 is 2.21 bits per heavy atom. The Morgan fingerprint density at radius 1 is 1.38 bits per heavy atom. The van der Waals surface area contributed by atoms with Crippen molar-refractivity contribution >= 4 is 39.1 Å². The van der Waals surface area contributed by atoms with E-state index in [1.165, 1.54) is 0 Å². The van der Waals surface area contributed by atoms with E-state index in [1.807, 2.05) is 19.1 Å². The summed E-state index contributed by atoms with van der Waals surface area (Å²) in [5, 5.41) is 3.84. The summed E-state index contributed by atoms with van der Waals surface area (Å²) in [4.78, 5) is 30.5. The molecule has 24 heavy (non-hydrogen) atoms. The smallest absolute Gasteiger partial charge is 0.244 e. The van der Waals surface area contributed by atoms with Crippen LogP contribution in [0.1, 0.15) is 30.7 Å². The van der Waals surface area contributed by atoms with Gasteiger partial charge < -0.3 is 15.0 Å². The van der Waals surface area contributed by atoms with Gasteiger partial charge in [-0.3, -0.25) is 9.59 Å². The lowest BCUT2D eigenvalue weighted by atomic mass is 10.2. The average Bonchev–Trinajstić information content (AvgIpc) is 2.78. The number of rotatable bonds is 4. The Hall–Kier alpha value is -2.15. The van der Waals surface area contributed by atoms with Crippen molar-refractivity contribution in [2.45, 2.75) is 32.6 Å². The van der Waals surface area contributed by atoms with Crippen LogP contribution >= 0.6 is 11.3 Å². The van der Waals surface area contributed by atoms with Crippen molar-refractivity contribution in [1.82, 2.24) is 9.88 Å². The van der Waals surface area contributed by atoms with Crippen LogP contribution < -0.4 is 10.1 Å². The molecule has 0 saturated carbocycles. The molecule has 1 aliphatic rings. The summed E-state index contributed by atoms with van der Waals surface area (Å²) >= 11 is 1.57. The molecule has 7 heteroatoms. The van der Waals surface area contributed by atoms with Gasteiger partial charge in [0.15, 0.2) is 0 Å². The molecule has 1 aromatic heterocycles. The van der Waals surface area contributed by atoms with Gasteiger partial charge in [0.1, 0.15) is 5.75 Å². The first kappa shape index (κ1) is 16.7. The Labute approximate surface area is 144 Å². The third kappa shape index (κ3) is 3.67. The van der Waals surface area contributed by atoms with Crippen molar-refractivity contribution in [2.24, 2.45) is 0 Å².